The van der Waals surface area contributed by atoms with Crippen LogP contribution in [0.15, 0.2) is 57.9 Å². The number of pyridine rings is 1. The summed E-state index contributed by atoms with van der Waals surface area (Å²) < 4.78 is 17.9. The number of hydrogen-bond acceptors (Lipinski definition) is 4. The van der Waals surface area contributed by atoms with Crippen LogP contribution >= 0.6 is 15.9 Å². The van der Waals surface area contributed by atoms with Crippen molar-refractivity contribution in [3.8, 4) is 0 Å². The lowest BCUT2D eigenvalue weighted by atomic mass is 10.1. The van der Waals surface area contributed by atoms with Crippen LogP contribution < -0.4 is 10.3 Å². The predicted molar refractivity (Wildman–Crippen MR) is 136 cm³/mol. The van der Waals surface area contributed by atoms with Gasteiger partial charge < -0.3 is 14.4 Å². The van der Waals surface area contributed by atoms with Gasteiger partial charge in [-0.05, 0) is 42.8 Å². The fourth-order valence-corrected chi connectivity index (χ4v) is 4.44. The maximum atomic E-state index is 15.1. The van der Waals surface area contributed by atoms with Crippen LogP contribution in [-0.2, 0) is 11.3 Å². The summed E-state index contributed by atoms with van der Waals surface area (Å²) in [6, 6.07) is 10.3. The summed E-state index contributed by atoms with van der Waals surface area (Å²) in [6.45, 7) is 6.00. The monoisotopic (exact) mass is 525 g/mol. The predicted octanol–water partition coefficient (Wildman–Crippen LogP) is 4.49. The molecule has 0 spiro atoms. The van der Waals surface area contributed by atoms with Crippen molar-refractivity contribution < 1.29 is 14.0 Å². The van der Waals surface area contributed by atoms with Crippen molar-refractivity contribution in [1.29, 1.82) is 0 Å². The van der Waals surface area contributed by atoms with E-state index >= 15 is 4.39 Å². The van der Waals surface area contributed by atoms with Crippen LogP contribution in [0, 0.1) is 5.82 Å². The zero-order valence-electron chi connectivity index (χ0n) is 19.1. The number of ketones is 1. The Bertz CT molecular complexity index is 1340. The van der Waals surface area contributed by atoms with Gasteiger partial charge in [-0.15, -0.1) is 0 Å². The van der Waals surface area contributed by atoms with E-state index in [0.717, 1.165) is 10.0 Å². The van der Waals surface area contributed by atoms with Crippen molar-refractivity contribution in [1.82, 2.24) is 9.47 Å². The number of amides is 1. The maximum Gasteiger partial charge on any atom is 0.219 e. The van der Waals surface area contributed by atoms with Crippen molar-refractivity contribution >= 4 is 50.3 Å². The second kappa shape index (κ2) is 9.93. The van der Waals surface area contributed by atoms with Gasteiger partial charge in [0, 0.05) is 55.7 Å². The Hall–Kier alpha value is -3.26. The standard InChI is InChI=1S/C26H25BrFN3O3/c1-3-29-16-21(25(33)9-6-18-4-7-19(27)8-5-18)26(34)20-14-22(28)24(15-23(20)29)31-12-10-30(11-13-31)17(2)32/h4-9,14-16H,3,10-13H2,1-2H3/b9-6+. The van der Waals surface area contributed by atoms with Crippen LogP contribution in [-0.4, -0.2) is 47.3 Å². The number of fused-ring (bicyclic) bond motifs is 1. The summed E-state index contributed by atoms with van der Waals surface area (Å²) in [6.07, 6.45) is 4.57. The fourth-order valence-electron chi connectivity index (χ4n) is 4.18. The zero-order chi connectivity index (χ0) is 24.4. The van der Waals surface area contributed by atoms with E-state index in [1.165, 1.54) is 19.1 Å². The minimum atomic E-state index is -0.515. The number of piperazine rings is 1. The normalized spacial score (nSPS) is 14.2. The molecule has 0 N–H and O–H groups in total. The topological polar surface area (TPSA) is 62.6 Å². The minimum Gasteiger partial charge on any atom is -0.366 e. The maximum absolute atomic E-state index is 15.1. The molecule has 0 bridgehead atoms. The van der Waals surface area contributed by atoms with E-state index in [1.54, 1.807) is 27.8 Å². The molecule has 8 heteroatoms. The van der Waals surface area contributed by atoms with Gasteiger partial charge in [-0.25, -0.2) is 4.39 Å². The highest BCUT2D eigenvalue weighted by atomic mass is 79.9. The molecule has 3 aromatic rings. The van der Waals surface area contributed by atoms with Gasteiger partial charge in [-0.1, -0.05) is 34.1 Å². The molecule has 4 rings (SSSR count). The molecule has 1 aliphatic heterocycles. The van der Waals surface area contributed by atoms with Gasteiger partial charge in [-0.2, -0.15) is 0 Å². The first kappa shape index (κ1) is 23.9. The quantitative estimate of drug-likeness (QED) is 0.363. The van der Waals surface area contributed by atoms with E-state index in [2.05, 4.69) is 15.9 Å². The molecule has 176 valence electrons. The smallest absolute Gasteiger partial charge is 0.219 e. The molecule has 34 heavy (non-hydrogen) atoms. The molecule has 2 aromatic carbocycles. The van der Waals surface area contributed by atoms with Crippen molar-refractivity contribution in [2.45, 2.75) is 20.4 Å². The number of halogens is 2. The number of anilines is 1. The van der Waals surface area contributed by atoms with E-state index in [-0.39, 0.29) is 16.9 Å². The highest BCUT2D eigenvalue weighted by Gasteiger charge is 2.23. The molecule has 1 aliphatic rings. The van der Waals surface area contributed by atoms with Gasteiger partial charge in [-0.3, -0.25) is 14.4 Å². The van der Waals surface area contributed by atoms with Crippen molar-refractivity contribution in [2.24, 2.45) is 0 Å². The van der Waals surface area contributed by atoms with E-state index in [9.17, 15) is 14.4 Å². The number of allylic oxidation sites excluding steroid dienone is 1. The minimum absolute atomic E-state index is 0.00448. The molecular weight excluding hydrogens is 501 g/mol. The molecule has 1 amide bonds. The van der Waals surface area contributed by atoms with Gasteiger partial charge in [0.05, 0.1) is 16.8 Å². The molecule has 0 unspecified atom stereocenters. The highest BCUT2D eigenvalue weighted by molar-refractivity contribution is 9.10. The second-order valence-electron chi connectivity index (χ2n) is 8.22. The lowest BCUT2D eigenvalue weighted by Gasteiger charge is -2.36. The molecule has 2 heterocycles. The Morgan fingerprint density at radius 2 is 1.76 bits per heavy atom. The number of rotatable bonds is 5. The summed E-state index contributed by atoms with van der Waals surface area (Å²) in [5.41, 5.74) is 1.31. The van der Waals surface area contributed by atoms with Crippen molar-refractivity contribution in [3.63, 3.8) is 0 Å². The Morgan fingerprint density at radius 3 is 2.38 bits per heavy atom. The van der Waals surface area contributed by atoms with E-state index in [4.69, 9.17) is 0 Å². The van der Waals surface area contributed by atoms with Gasteiger partial charge in [0.2, 0.25) is 11.3 Å². The summed E-state index contributed by atoms with van der Waals surface area (Å²) in [4.78, 5) is 41.2. The summed E-state index contributed by atoms with van der Waals surface area (Å²) in [7, 11) is 0. The zero-order valence-corrected chi connectivity index (χ0v) is 20.6. The lowest BCUT2D eigenvalue weighted by molar-refractivity contribution is -0.129. The molecule has 0 aliphatic carbocycles. The summed E-state index contributed by atoms with van der Waals surface area (Å²) in [5.74, 6) is -0.940. The van der Waals surface area contributed by atoms with Crippen LogP contribution in [0.5, 0.6) is 0 Å². The number of nitrogens with zero attached hydrogens (tertiary/aromatic N) is 3. The number of hydrogen-bond donors (Lipinski definition) is 0. The Morgan fingerprint density at radius 1 is 1.09 bits per heavy atom. The van der Waals surface area contributed by atoms with E-state index in [0.29, 0.717) is 43.9 Å². The third kappa shape index (κ3) is 4.82. The third-order valence-corrected chi connectivity index (χ3v) is 6.65. The summed E-state index contributed by atoms with van der Waals surface area (Å²) >= 11 is 3.37. The van der Waals surface area contributed by atoms with Crippen LogP contribution in [0.3, 0.4) is 0 Å². The van der Waals surface area contributed by atoms with Crippen molar-refractivity contribution in [3.05, 3.63) is 80.3 Å². The third-order valence-electron chi connectivity index (χ3n) is 6.12. The van der Waals surface area contributed by atoms with E-state index in [1.807, 2.05) is 36.1 Å². The SMILES string of the molecule is CCn1cc(C(=O)/C=C/c2ccc(Br)cc2)c(=O)c2cc(F)c(N3CCN(C(C)=O)CC3)cc21. The first-order valence-corrected chi connectivity index (χ1v) is 11.9. The Kier molecular flexibility index (Phi) is 6.97. The lowest BCUT2D eigenvalue weighted by Crippen LogP contribution is -2.48. The van der Waals surface area contributed by atoms with Gasteiger partial charge in [0.15, 0.2) is 5.78 Å². The molecule has 1 saturated heterocycles. The molecule has 0 atom stereocenters. The number of carbonyl (C=O) groups excluding carboxylic acids is 2. The van der Waals surface area contributed by atoms with Gasteiger partial charge in [0.25, 0.3) is 0 Å². The average Bonchev–Trinajstić information content (AvgIpc) is 2.84. The first-order chi connectivity index (χ1) is 16.3. The molecular formula is C26H25BrFN3O3. The van der Waals surface area contributed by atoms with E-state index < -0.39 is 17.0 Å². The Balaban J connectivity index is 1.69. The molecule has 0 saturated carbocycles. The number of carbonyl (C=O) groups is 2. The van der Waals surface area contributed by atoms with Gasteiger partial charge >= 0.3 is 0 Å². The van der Waals surface area contributed by atoms with Crippen LogP contribution in [0.1, 0.15) is 29.8 Å². The van der Waals surface area contributed by atoms with Crippen molar-refractivity contribution in [2.75, 3.05) is 31.1 Å². The van der Waals surface area contributed by atoms with Gasteiger partial charge in [0.1, 0.15) is 5.82 Å². The second-order valence-corrected chi connectivity index (χ2v) is 9.14. The fraction of sp³-hybridized carbons (Fsp3) is 0.269. The van der Waals surface area contributed by atoms with Crippen LogP contribution in [0.2, 0.25) is 0 Å². The molecule has 1 aromatic heterocycles. The largest absolute Gasteiger partial charge is 0.366 e. The van der Waals surface area contributed by atoms with Crippen LogP contribution in [0.25, 0.3) is 17.0 Å². The number of benzene rings is 2. The summed E-state index contributed by atoms with van der Waals surface area (Å²) in [5, 5.41) is 0.174. The molecule has 0 radical (unpaired) electrons. The highest BCUT2D eigenvalue weighted by Crippen LogP contribution is 2.26. The van der Waals surface area contributed by atoms with Crippen LogP contribution in [0.4, 0.5) is 10.1 Å². The molecule has 1 fully saturated rings. The number of aromatic nitrogens is 1. The number of aryl methyl sites for hydroxylation is 1. The Labute approximate surface area is 205 Å². The molecule has 6 nitrogen and oxygen atoms in total. The first-order valence-electron chi connectivity index (χ1n) is 11.1. The average molecular weight is 526 g/mol.